The van der Waals surface area contributed by atoms with Gasteiger partial charge in [0.15, 0.2) is 5.96 Å². The highest BCUT2D eigenvalue weighted by atomic mass is 127. The third-order valence-electron chi connectivity index (χ3n) is 3.50. The van der Waals surface area contributed by atoms with E-state index in [1.807, 2.05) is 30.3 Å². The lowest BCUT2D eigenvalue weighted by Crippen LogP contribution is -2.37. The van der Waals surface area contributed by atoms with Crippen LogP contribution in [0.3, 0.4) is 0 Å². The zero-order valence-electron chi connectivity index (χ0n) is 15.0. The van der Waals surface area contributed by atoms with E-state index in [0.717, 1.165) is 23.5 Å². The van der Waals surface area contributed by atoms with Gasteiger partial charge in [-0.05, 0) is 36.2 Å². The Labute approximate surface area is 171 Å². The Balaban J connectivity index is 0.00000338. The van der Waals surface area contributed by atoms with Crippen LogP contribution in [0.5, 0.6) is 11.5 Å². The molecule has 2 aromatic carbocycles. The molecule has 0 saturated carbocycles. The molecule has 0 bridgehead atoms. The summed E-state index contributed by atoms with van der Waals surface area (Å²) in [6, 6.07) is 14.0. The summed E-state index contributed by atoms with van der Waals surface area (Å²) in [5, 5.41) is 6.36. The summed E-state index contributed by atoms with van der Waals surface area (Å²) < 4.78 is 24.0. The fraction of sp³-hybridized carbons (Fsp3) is 0.316. The molecule has 2 aromatic rings. The Morgan fingerprint density at radius 3 is 2.58 bits per heavy atom. The molecule has 0 unspecified atom stereocenters. The first-order valence-electron chi connectivity index (χ1n) is 8.17. The number of rotatable bonds is 8. The zero-order chi connectivity index (χ0) is 17.9. The first-order chi connectivity index (χ1) is 12.2. The van der Waals surface area contributed by atoms with Crippen molar-refractivity contribution < 1.29 is 13.9 Å². The van der Waals surface area contributed by atoms with Gasteiger partial charge in [0.25, 0.3) is 0 Å². The van der Waals surface area contributed by atoms with Gasteiger partial charge in [0, 0.05) is 26.2 Å². The molecule has 0 saturated heterocycles. The number of nitrogens with one attached hydrogen (secondary N) is 2. The van der Waals surface area contributed by atoms with Gasteiger partial charge in [-0.2, -0.15) is 0 Å². The molecule has 0 aliphatic carbocycles. The lowest BCUT2D eigenvalue weighted by molar-refractivity contribution is 0.308. The first-order valence-corrected chi connectivity index (χ1v) is 8.17. The molecule has 0 aliphatic rings. The van der Waals surface area contributed by atoms with Gasteiger partial charge in [-0.3, -0.25) is 4.99 Å². The quantitative estimate of drug-likeness (QED) is 0.267. The molecule has 142 valence electrons. The van der Waals surface area contributed by atoms with Gasteiger partial charge >= 0.3 is 0 Å². The van der Waals surface area contributed by atoms with Crippen molar-refractivity contribution in [3.63, 3.8) is 0 Å². The van der Waals surface area contributed by atoms with Crippen molar-refractivity contribution in [3.05, 3.63) is 59.9 Å². The number of methoxy groups -OCH3 is 1. The fourth-order valence-corrected chi connectivity index (χ4v) is 2.21. The fourth-order valence-electron chi connectivity index (χ4n) is 2.21. The summed E-state index contributed by atoms with van der Waals surface area (Å²) in [5.41, 5.74) is 0.865. The van der Waals surface area contributed by atoms with Crippen molar-refractivity contribution in [2.45, 2.75) is 13.0 Å². The molecule has 26 heavy (non-hydrogen) atoms. The largest absolute Gasteiger partial charge is 0.497 e. The molecule has 0 atom stereocenters. The smallest absolute Gasteiger partial charge is 0.191 e. The van der Waals surface area contributed by atoms with Gasteiger partial charge in [-0.15, -0.1) is 24.0 Å². The van der Waals surface area contributed by atoms with Crippen LogP contribution in [0, 0.1) is 5.82 Å². The molecule has 0 spiro atoms. The highest BCUT2D eigenvalue weighted by Gasteiger charge is 2.00. The van der Waals surface area contributed by atoms with Crippen molar-refractivity contribution in [2.75, 3.05) is 27.3 Å². The minimum Gasteiger partial charge on any atom is -0.497 e. The molecule has 0 heterocycles. The normalized spacial score (nSPS) is 10.7. The summed E-state index contributed by atoms with van der Waals surface area (Å²) in [6.07, 6.45) is 0.817. The number of guanidine groups is 1. The van der Waals surface area contributed by atoms with Crippen LogP contribution in [0.2, 0.25) is 0 Å². The van der Waals surface area contributed by atoms with E-state index in [0.29, 0.717) is 25.7 Å². The second kappa shape index (κ2) is 12.3. The molecule has 0 aromatic heterocycles. The van der Waals surface area contributed by atoms with Gasteiger partial charge in [0.05, 0.1) is 13.7 Å². The number of hydrogen-bond acceptors (Lipinski definition) is 3. The van der Waals surface area contributed by atoms with Crippen LogP contribution in [0.15, 0.2) is 53.5 Å². The van der Waals surface area contributed by atoms with E-state index in [1.54, 1.807) is 20.2 Å². The highest BCUT2D eigenvalue weighted by Crippen LogP contribution is 2.18. The number of ether oxygens (including phenoxy) is 2. The average molecular weight is 473 g/mol. The summed E-state index contributed by atoms with van der Waals surface area (Å²) in [6.45, 7) is 1.81. The Kier molecular flexibility index (Phi) is 10.5. The van der Waals surface area contributed by atoms with Crippen LogP contribution in [0.1, 0.15) is 12.0 Å². The van der Waals surface area contributed by atoms with Crippen LogP contribution in [0.25, 0.3) is 0 Å². The van der Waals surface area contributed by atoms with Crippen molar-refractivity contribution in [1.29, 1.82) is 0 Å². The lowest BCUT2D eigenvalue weighted by atomic mass is 10.2. The van der Waals surface area contributed by atoms with Crippen molar-refractivity contribution in [1.82, 2.24) is 10.6 Å². The second-order valence-electron chi connectivity index (χ2n) is 5.36. The Hall–Kier alpha value is -2.03. The van der Waals surface area contributed by atoms with Crippen molar-refractivity contribution in [3.8, 4) is 11.5 Å². The van der Waals surface area contributed by atoms with E-state index in [1.165, 1.54) is 12.1 Å². The maximum atomic E-state index is 13.2. The van der Waals surface area contributed by atoms with Crippen LogP contribution in [-0.4, -0.2) is 33.3 Å². The van der Waals surface area contributed by atoms with Crippen LogP contribution < -0.4 is 20.1 Å². The molecule has 0 aliphatic heterocycles. The number of aliphatic imine (C=N–C) groups is 1. The monoisotopic (exact) mass is 473 g/mol. The van der Waals surface area contributed by atoms with Gasteiger partial charge in [-0.25, -0.2) is 4.39 Å². The predicted octanol–water partition coefficient (Wildman–Crippen LogP) is 3.59. The molecule has 0 fully saturated rings. The molecule has 0 amide bonds. The van der Waals surface area contributed by atoms with E-state index in [9.17, 15) is 4.39 Å². The molecule has 0 radical (unpaired) electrons. The van der Waals surface area contributed by atoms with Gasteiger partial charge < -0.3 is 20.1 Å². The summed E-state index contributed by atoms with van der Waals surface area (Å²) in [5.74, 6) is 1.99. The van der Waals surface area contributed by atoms with Crippen LogP contribution in [0.4, 0.5) is 4.39 Å². The maximum absolute atomic E-state index is 13.2. The van der Waals surface area contributed by atoms with E-state index in [4.69, 9.17) is 9.47 Å². The van der Waals surface area contributed by atoms with Gasteiger partial charge in [0.1, 0.15) is 17.3 Å². The third kappa shape index (κ3) is 7.90. The van der Waals surface area contributed by atoms with Gasteiger partial charge in [-0.1, -0.05) is 18.2 Å². The number of benzene rings is 2. The maximum Gasteiger partial charge on any atom is 0.191 e. The highest BCUT2D eigenvalue weighted by molar-refractivity contribution is 14.0. The molecule has 7 heteroatoms. The molecule has 2 rings (SSSR count). The SMILES string of the molecule is CN=C(NCCCOc1cccc(OC)c1)NCc1cccc(F)c1.I. The Bertz CT molecular complexity index is 698. The molecule has 2 N–H and O–H groups in total. The average Bonchev–Trinajstić information content (AvgIpc) is 2.64. The standard InChI is InChI=1S/C19H24FN3O2.HI/c1-21-19(23-14-15-6-3-7-16(20)12-15)22-10-5-11-25-18-9-4-8-17(13-18)24-2;/h3-4,6-9,12-13H,5,10-11,14H2,1-2H3,(H2,21,22,23);1H. The topological polar surface area (TPSA) is 54.9 Å². The van der Waals surface area contributed by atoms with Crippen molar-refractivity contribution in [2.24, 2.45) is 4.99 Å². The lowest BCUT2D eigenvalue weighted by Gasteiger charge is -2.12. The van der Waals surface area contributed by atoms with E-state index in [-0.39, 0.29) is 29.8 Å². The van der Waals surface area contributed by atoms with Crippen LogP contribution >= 0.6 is 24.0 Å². The number of nitrogens with zero attached hydrogens (tertiary/aromatic N) is 1. The van der Waals surface area contributed by atoms with Crippen molar-refractivity contribution >= 4 is 29.9 Å². The molecule has 5 nitrogen and oxygen atoms in total. The first kappa shape index (κ1) is 22.0. The van der Waals surface area contributed by atoms with E-state index in [2.05, 4.69) is 15.6 Å². The van der Waals surface area contributed by atoms with Gasteiger partial charge in [0.2, 0.25) is 0 Å². The minimum atomic E-state index is -0.239. The third-order valence-corrected chi connectivity index (χ3v) is 3.50. The van der Waals surface area contributed by atoms with Crippen LogP contribution in [-0.2, 0) is 6.54 Å². The number of halogens is 2. The summed E-state index contributed by atoms with van der Waals surface area (Å²) >= 11 is 0. The molecular formula is C19H25FIN3O2. The number of hydrogen-bond donors (Lipinski definition) is 2. The summed E-state index contributed by atoms with van der Waals surface area (Å²) in [4.78, 5) is 4.15. The Morgan fingerprint density at radius 1 is 1.08 bits per heavy atom. The second-order valence-corrected chi connectivity index (χ2v) is 5.36. The Morgan fingerprint density at radius 2 is 1.85 bits per heavy atom. The van der Waals surface area contributed by atoms with E-state index < -0.39 is 0 Å². The predicted molar refractivity (Wildman–Crippen MR) is 113 cm³/mol. The minimum absolute atomic E-state index is 0. The van der Waals surface area contributed by atoms with E-state index >= 15 is 0 Å². The summed E-state index contributed by atoms with van der Waals surface area (Å²) in [7, 11) is 3.33. The molecular weight excluding hydrogens is 448 g/mol. The zero-order valence-corrected chi connectivity index (χ0v) is 17.3.